The van der Waals surface area contributed by atoms with Crippen LogP contribution in [0.15, 0.2) is 72.2 Å². The average Bonchev–Trinajstić information content (AvgIpc) is 3.28. The molecule has 0 aliphatic rings. The van der Waals surface area contributed by atoms with E-state index >= 15 is 0 Å². The first-order valence-electron chi connectivity index (χ1n) is 9.20. The molecule has 4 rings (SSSR count). The number of hydrogen-bond acceptors (Lipinski definition) is 5. The van der Waals surface area contributed by atoms with Gasteiger partial charge < -0.3 is 15.4 Å². The maximum absolute atomic E-state index is 12.9. The highest BCUT2D eigenvalue weighted by molar-refractivity contribution is 7.12. The van der Waals surface area contributed by atoms with Gasteiger partial charge in [0.1, 0.15) is 0 Å². The Morgan fingerprint density at radius 2 is 1.90 bits per heavy atom. The van der Waals surface area contributed by atoms with Gasteiger partial charge in [-0.05, 0) is 47.3 Å². The molecule has 0 saturated heterocycles. The van der Waals surface area contributed by atoms with E-state index in [1.54, 1.807) is 29.8 Å². The van der Waals surface area contributed by atoms with Crippen LogP contribution in [0.4, 0.5) is 24.5 Å². The fourth-order valence-corrected chi connectivity index (χ4v) is 3.68. The topological polar surface area (TPSA) is 63.2 Å². The molecule has 1 amide bonds. The zero-order chi connectivity index (χ0) is 21.8. The van der Waals surface area contributed by atoms with E-state index in [1.165, 1.54) is 29.5 Å². The van der Waals surface area contributed by atoms with Crippen molar-refractivity contribution in [3.05, 3.63) is 82.7 Å². The van der Waals surface area contributed by atoms with Gasteiger partial charge in [0.15, 0.2) is 5.75 Å². The highest BCUT2D eigenvalue weighted by Crippen LogP contribution is 2.33. The normalized spacial score (nSPS) is 11.3. The van der Waals surface area contributed by atoms with Crippen molar-refractivity contribution in [3.63, 3.8) is 0 Å². The van der Waals surface area contributed by atoms with Crippen molar-refractivity contribution in [2.45, 2.75) is 12.9 Å². The molecule has 2 N–H and O–H groups in total. The molecular weight excluding hydrogens is 427 g/mol. The number of nitrogens with one attached hydrogen (secondary N) is 2. The molecular formula is C22H16F3N3O2S. The minimum Gasteiger partial charge on any atom is -0.404 e. The fraction of sp³-hybridized carbons (Fsp3) is 0.0909. The van der Waals surface area contributed by atoms with Crippen molar-refractivity contribution in [3.8, 4) is 5.75 Å². The zero-order valence-electron chi connectivity index (χ0n) is 15.9. The lowest BCUT2D eigenvalue weighted by Crippen LogP contribution is -2.18. The predicted molar refractivity (Wildman–Crippen MR) is 114 cm³/mol. The summed E-state index contributed by atoms with van der Waals surface area (Å²) in [4.78, 5) is 17.1. The van der Waals surface area contributed by atoms with E-state index in [9.17, 15) is 18.0 Å². The number of hydrogen-bond donors (Lipinski definition) is 2. The van der Waals surface area contributed by atoms with Crippen LogP contribution in [0.5, 0.6) is 5.75 Å². The lowest BCUT2D eigenvalue weighted by Gasteiger charge is -2.17. The second-order valence-electron chi connectivity index (χ2n) is 6.53. The second kappa shape index (κ2) is 8.65. The van der Waals surface area contributed by atoms with Gasteiger partial charge in [0, 0.05) is 23.8 Å². The molecule has 4 aromatic rings. The number of rotatable bonds is 6. The number of pyridine rings is 1. The Morgan fingerprint density at radius 1 is 1.06 bits per heavy atom. The van der Waals surface area contributed by atoms with Gasteiger partial charge in [0.25, 0.3) is 5.91 Å². The molecule has 2 aromatic carbocycles. The van der Waals surface area contributed by atoms with Crippen LogP contribution in [0.2, 0.25) is 0 Å². The van der Waals surface area contributed by atoms with Gasteiger partial charge in [0.2, 0.25) is 0 Å². The number of para-hydroxylation sites is 1. The molecule has 0 fully saturated rings. The second-order valence-corrected chi connectivity index (χ2v) is 7.48. The van der Waals surface area contributed by atoms with E-state index in [2.05, 4.69) is 20.4 Å². The van der Waals surface area contributed by atoms with Gasteiger partial charge in [0.05, 0.1) is 16.1 Å². The molecule has 31 heavy (non-hydrogen) atoms. The summed E-state index contributed by atoms with van der Waals surface area (Å²) >= 11 is 1.27. The van der Waals surface area contributed by atoms with E-state index in [0.29, 0.717) is 10.6 Å². The molecule has 0 spiro atoms. The maximum atomic E-state index is 12.9. The van der Waals surface area contributed by atoms with Crippen molar-refractivity contribution < 1.29 is 22.7 Å². The van der Waals surface area contributed by atoms with Gasteiger partial charge in [-0.3, -0.25) is 9.78 Å². The van der Waals surface area contributed by atoms with Gasteiger partial charge in [-0.15, -0.1) is 24.5 Å². The predicted octanol–water partition coefficient (Wildman–Crippen LogP) is 6.06. The number of carbonyl (C=O) groups excluding carboxylic acids is 1. The number of anilines is 2. The summed E-state index contributed by atoms with van der Waals surface area (Å²) < 4.78 is 42.7. The fourth-order valence-electron chi connectivity index (χ4n) is 3.06. The molecule has 0 unspecified atom stereocenters. The Kier molecular flexibility index (Phi) is 5.77. The standard InChI is InChI=1S/C22H16F3N3O2S/c23-22(24,25)30-19-8-7-15(28-21(29)20-6-3-11-31-20)12-18(19)27-13-14-9-10-26-17-5-2-1-4-16(14)17/h1-12,27H,13H2,(H,28,29). The third kappa shape index (κ3) is 5.13. The van der Waals surface area contributed by atoms with Crippen molar-refractivity contribution in [2.24, 2.45) is 0 Å². The minimum absolute atomic E-state index is 0.0993. The van der Waals surface area contributed by atoms with Crippen LogP contribution in [0.1, 0.15) is 15.2 Å². The number of benzene rings is 2. The smallest absolute Gasteiger partial charge is 0.404 e. The molecule has 9 heteroatoms. The molecule has 0 aliphatic heterocycles. The van der Waals surface area contributed by atoms with Crippen LogP contribution in [0.3, 0.4) is 0 Å². The molecule has 0 bridgehead atoms. The Labute approximate surface area is 179 Å². The van der Waals surface area contributed by atoms with E-state index in [-0.39, 0.29) is 23.9 Å². The number of amides is 1. The Balaban J connectivity index is 1.60. The van der Waals surface area contributed by atoms with Gasteiger partial charge in [-0.25, -0.2) is 0 Å². The van der Waals surface area contributed by atoms with Crippen LogP contribution >= 0.6 is 11.3 Å². The molecule has 2 heterocycles. The SMILES string of the molecule is O=C(Nc1ccc(OC(F)(F)F)c(NCc2ccnc3ccccc23)c1)c1cccs1. The lowest BCUT2D eigenvalue weighted by molar-refractivity contribution is -0.274. The monoisotopic (exact) mass is 443 g/mol. The molecule has 158 valence electrons. The number of aromatic nitrogens is 1. The lowest BCUT2D eigenvalue weighted by atomic mass is 10.1. The number of thiophene rings is 1. The molecule has 5 nitrogen and oxygen atoms in total. The first-order chi connectivity index (χ1) is 14.9. The number of alkyl halides is 3. The summed E-state index contributed by atoms with van der Waals surface area (Å²) in [7, 11) is 0. The summed E-state index contributed by atoms with van der Waals surface area (Å²) in [5, 5.41) is 8.33. The molecule has 0 saturated carbocycles. The van der Waals surface area contributed by atoms with Crippen LogP contribution in [0, 0.1) is 0 Å². The van der Waals surface area contributed by atoms with Gasteiger partial charge in [-0.1, -0.05) is 24.3 Å². The van der Waals surface area contributed by atoms with Gasteiger partial charge >= 0.3 is 6.36 Å². The zero-order valence-corrected chi connectivity index (χ0v) is 16.8. The van der Waals surface area contributed by atoms with E-state index in [1.807, 2.05) is 24.3 Å². The van der Waals surface area contributed by atoms with Crippen molar-refractivity contribution in [1.82, 2.24) is 4.98 Å². The summed E-state index contributed by atoms with van der Waals surface area (Å²) in [5.41, 5.74) is 2.08. The maximum Gasteiger partial charge on any atom is 0.573 e. The quantitative estimate of drug-likeness (QED) is 0.380. The van der Waals surface area contributed by atoms with E-state index in [4.69, 9.17) is 0 Å². The van der Waals surface area contributed by atoms with Crippen molar-refractivity contribution in [1.29, 1.82) is 0 Å². The molecule has 0 radical (unpaired) electrons. The first-order valence-corrected chi connectivity index (χ1v) is 10.1. The van der Waals surface area contributed by atoms with Crippen LogP contribution in [-0.4, -0.2) is 17.3 Å². The average molecular weight is 443 g/mol. The third-order valence-corrected chi connectivity index (χ3v) is 5.29. The first kappa shape index (κ1) is 20.7. The van der Waals surface area contributed by atoms with Crippen molar-refractivity contribution >= 4 is 39.5 Å². The van der Waals surface area contributed by atoms with Gasteiger partial charge in [-0.2, -0.15) is 0 Å². The van der Waals surface area contributed by atoms with Crippen LogP contribution < -0.4 is 15.4 Å². The highest BCUT2D eigenvalue weighted by Gasteiger charge is 2.32. The van der Waals surface area contributed by atoms with Crippen molar-refractivity contribution in [2.75, 3.05) is 10.6 Å². The van der Waals surface area contributed by atoms with E-state index < -0.39 is 6.36 Å². The number of nitrogens with zero attached hydrogens (tertiary/aromatic N) is 1. The summed E-state index contributed by atoms with van der Waals surface area (Å²) in [6.07, 6.45) is -3.20. The Hall–Kier alpha value is -3.59. The number of halogens is 3. The third-order valence-electron chi connectivity index (χ3n) is 4.42. The summed E-state index contributed by atoms with van der Waals surface area (Å²) in [5.74, 6) is -0.731. The Bertz CT molecular complexity index is 1210. The largest absolute Gasteiger partial charge is 0.573 e. The Morgan fingerprint density at radius 3 is 2.68 bits per heavy atom. The van der Waals surface area contributed by atoms with Crippen LogP contribution in [-0.2, 0) is 6.54 Å². The number of ether oxygens (including phenoxy) is 1. The number of fused-ring (bicyclic) bond motifs is 1. The van der Waals surface area contributed by atoms with Crippen LogP contribution in [0.25, 0.3) is 10.9 Å². The summed E-state index contributed by atoms with van der Waals surface area (Å²) in [6, 6.07) is 16.6. The van der Waals surface area contributed by atoms with E-state index in [0.717, 1.165) is 16.5 Å². The summed E-state index contributed by atoms with van der Waals surface area (Å²) in [6.45, 7) is 0.236. The molecule has 2 aromatic heterocycles. The highest BCUT2D eigenvalue weighted by atomic mass is 32.1. The number of carbonyl (C=O) groups is 1. The molecule has 0 atom stereocenters. The minimum atomic E-state index is -4.85. The molecule has 0 aliphatic carbocycles.